The molecule has 2 aromatic carbocycles. The van der Waals surface area contributed by atoms with Gasteiger partial charge in [0.15, 0.2) is 0 Å². The third-order valence-electron chi connectivity index (χ3n) is 7.17. The zero-order valence-electron chi connectivity index (χ0n) is 18.8. The number of benzene rings is 2. The third kappa shape index (κ3) is 3.86. The number of ether oxygens (including phenoxy) is 1. The molecular formula is C27H25FN4O2. The van der Waals surface area contributed by atoms with Gasteiger partial charge in [0.05, 0.1) is 19.4 Å². The molecule has 34 heavy (non-hydrogen) atoms. The van der Waals surface area contributed by atoms with Crippen LogP contribution < -0.4 is 0 Å². The average Bonchev–Trinajstić information content (AvgIpc) is 3.31. The number of hydrogen-bond donors (Lipinski definition) is 0. The van der Waals surface area contributed by atoms with Crippen LogP contribution in [0.25, 0.3) is 33.0 Å². The van der Waals surface area contributed by atoms with E-state index in [1.807, 2.05) is 35.4 Å². The SMILES string of the molecule is O=C(Cn1cc(-c2ccc(-c3cncc4cc(F)ccc34)cc2)cn1)N1CCC2(CC1)COC2. The van der Waals surface area contributed by atoms with Crippen molar-refractivity contribution in [3.63, 3.8) is 0 Å². The van der Waals surface area contributed by atoms with Crippen LogP contribution in [-0.2, 0) is 16.1 Å². The summed E-state index contributed by atoms with van der Waals surface area (Å²) in [5, 5.41) is 6.15. The molecule has 0 bridgehead atoms. The van der Waals surface area contributed by atoms with Gasteiger partial charge in [-0.25, -0.2) is 4.39 Å². The average molecular weight is 457 g/mol. The molecule has 7 heteroatoms. The molecule has 4 heterocycles. The van der Waals surface area contributed by atoms with Crippen LogP contribution in [0.4, 0.5) is 4.39 Å². The second kappa shape index (κ2) is 8.33. The summed E-state index contributed by atoms with van der Waals surface area (Å²) in [4.78, 5) is 19.0. The first-order chi connectivity index (χ1) is 16.6. The standard InChI is InChI=1S/C27H25FN4O2/c28-23-5-6-24-21(11-23)12-29-14-25(24)20-3-1-19(2-4-20)22-13-30-32(15-22)16-26(33)31-9-7-27(8-10-31)17-34-18-27/h1-6,11-15H,7-10,16-18H2. The van der Waals surface area contributed by atoms with Gasteiger partial charge in [0, 0.05) is 53.6 Å². The molecule has 0 radical (unpaired) electrons. The fourth-order valence-electron chi connectivity index (χ4n) is 4.97. The molecule has 0 atom stereocenters. The number of carbonyl (C=O) groups excluding carboxylic acids is 1. The Balaban J connectivity index is 1.15. The summed E-state index contributed by atoms with van der Waals surface area (Å²) < 4.78 is 20.7. The molecular weight excluding hydrogens is 431 g/mol. The van der Waals surface area contributed by atoms with Crippen LogP contribution in [0.5, 0.6) is 0 Å². The van der Waals surface area contributed by atoms with Gasteiger partial charge in [-0.05, 0) is 41.5 Å². The molecule has 0 N–H and O–H groups in total. The lowest BCUT2D eigenvalue weighted by atomic mass is 9.77. The zero-order chi connectivity index (χ0) is 23.1. The largest absolute Gasteiger partial charge is 0.380 e. The number of rotatable bonds is 4. The van der Waals surface area contributed by atoms with Gasteiger partial charge in [0.1, 0.15) is 12.4 Å². The normalized spacial score (nSPS) is 17.1. The Hall–Kier alpha value is -3.58. The van der Waals surface area contributed by atoms with Crippen LogP contribution in [0.15, 0.2) is 67.3 Å². The van der Waals surface area contributed by atoms with Crippen molar-refractivity contribution < 1.29 is 13.9 Å². The second-order valence-electron chi connectivity index (χ2n) is 9.43. The van der Waals surface area contributed by atoms with E-state index >= 15 is 0 Å². The van der Waals surface area contributed by atoms with Crippen molar-refractivity contribution >= 4 is 16.7 Å². The van der Waals surface area contributed by atoms with E-state index in [1.165, 1.54) is 12.1 Å². The van der Waals surface area contributed by atoms with E-state index in [9.17, 15) is 9.18 Å². The summed E-state index contributed by atoms with van der Waals surface area (Å²) in [5.74, 6) is -0.158. The lowest BCUT2D eigenvalue weighted by Gasteiger charge is -2.47. The Morgan fingerprint density at radius 3 is 2.47 bits per heavy atom. The summed E-state index contributed by atoms with van der Waals surface area (Å²) in [7, 11) is 0. The molecule has 172 valence electrons. The highest BCUT2D eigenvalue weighted by molar-refractivity contribution is 5.96. The maximum absolute atomic E-state index is 13.6. The predicted molar refractivity (Wildman–Crippen MR) is 127 cm³/mol. The maximum Gasteiger partial charge on any atom is 0.244 e. The molecule has 2 aliphatic rings. The smallest absolute Gasteiger partial charge is 0.244 e. The number of hydrogen-bond acceptors (Lipinski definition) is 4. The lowest BCUT2D eigenvalue weighted by molar-refractivity contribution is -0.153. The van der Waals surface area contributed by atoms with Crippen LogP contribution in [-0.4, -0.2) is 51.9 Å². The number of likely N-dealkylation sites (tertiary alicyclic amines) is 1. The third-order valence-corrected chi connectivity index (χ3v) is 7.17. The summed E-state index contributed by atoms with van der Waals surface area (Å²) in [6, 6.07) is 12.9. The van der Waals surface area contributed by atoms with Gasteiger partial charge in [-0.3, -0.25) is 14.5 Å². The summed E-state index contributed by atoms with van der Waals surface area (Å²) >= 11 is 0. The van der Waals surface area contributed by atoms with Crippen molar-refractivity contribution in [2.45, 2.75) is 19.4 Å². The Morgan fingerprint density at radius 2 is 1.74 bits per heavy atom. The predicted octanol–water partition coefficient (Wildman–Crippen LogP) is 4.54. The molecule has 0 saturated carbocycles. The molecule has 0 aliphatic carbocycles. The number of piperidine rings is 1. The van der Waals surface area contributed by atoms with Gasteiger partial charge in [0.2, 0.25) is 5.91 Å². The minimum Gasteiger partial charge on any atom is -0.380 e. The zero-order valence-corrected chi connectivity index (χ0v) is 18.8. The van der Waals surface area contributed by atoms with E-state index in [2.05, 4.69) is 10.1 Å². The quantitative estimate of drug-likeness (QED) is 0.452. The fraction of sp³-hybridized carbons (Fsp3) is 0.296. The maximum atomic E-state index is 13.6. The van der Waals surface area contributed by atoms with Gasteiger partial charge < -0.3 is 9.64 Å². The molecule has 2 fully saturated rings. The van der Waals surface area contributed by atoms with Crippen molar-refractivity contribution in [3.05, 3.63) is 73.1 Å². The van der Waals surface area contributed by atoms with E-state index < -0.39 is 0 Å². The molecule has 2 saturated heterocycles. The van der Waals surface area contributed by atoms with E-state index in [1.54, 1.807) is 29.3 Å². The highest BCUT2D eigenvalue weighted by atomic mass is 19.1. The van der Waals surface area contributed by atoms with Crippen LogP contribution >= 0.6 is 0 Å². The number of nitrogens with zero attached hydrogens (tertiary/aromatic N) is 4. The van der Waals surface area contributed by atoms with Crippen molar-refractivity contribution in [1.82, 2.24) is 19.7 Å². The van der Waals surface area contributed by atoms with E-state index in [0.717, 1.165) is 72.2 Å². The summed E-state index contributed by atoms with van der Waals surface area (Å²) in [6.45, 7) is 3.53. The number of aromatic nitrogens is 3. The first kappa shape index (κ1) is 21.0. The molecule has 6 rings (SSSR count). The lowest BCUT2D eigenvalue weighted by Crippen LogP contribution is -2.52. The van der Waals surface area contributed by atoms with E-state index in [4.69, 9.17) is 4.74 Å². The first-order valence-electron chi connectivity index (χ1n) is 11.6. The van der Waals surface area contributed by atoms with Gasteiger partial charge in [0.25, 0.3) is 0 Å². The molecule has 2 aromatic heterocycles. The van der Waals surface area contributed by atoms with E-state index in [-0.39, 0.29) is 18.3 Å². The van der Waals surface area contributed by atoms with Crippen molar-refractivity contribution in [3.8, 4) is 22.3 Å². The van der Waals surface area contributed by atoms with Crippen molar-refractivity contribution in [1.29, 1.82) is 0 Å². The minimum atomic E-state index is -0.269. The van der Waals surface area contributed by atoms with Gasteiger partial charge in [-0.15, -0.1) is 0 Å². The number of halogens is 1. The molecule has 1 spiro atoms. The topological polar surface area (TPSA) is 60.2 Å². The van der Waals surface area contributed by atoms with Gasteiger partial charge >= 0.3 is 0 Å². The monoisotopic (exact) mass is 456 g/mol. The van der Waals surface area contributed by atoms with Crippen molar-refractivity contribution in [2.75, 3.05) is 26.3 Å². The Labute approximate surface area is 197 Å². The Bertz CT molecular complexity index is 1350. The van der Waals surface area contributed by atoms with Gasteiger partial charge in [-0.2, -0.15) is 5.10 Å². The summed E-state index contributed by atoms with van der Waals surface area (Å²) in [6.07, 6.45) is 9.24. The summed E-state index contributed by atoms with van der Waals surface area (Å²) in [5.41, 5.74) is 4.27. The van der Waals surface area contributed by atoms with Crippen molar-refractivity contribution in [2.24, 2.45) is 5.41 Å². The van der Waals surface area contributed by atoms with Gasteiger partial charge in [-0.1, -0.05) is 30.3 Å². The second-order valence-corrected chi connectivity index (χ2v) is 9.43. The molecule has 2 aliphatic heterocycles. The van der Waals surface area contributed by atoms with Crippen LogP contribution in [0, 0.1) is 11.2 Å². The fourth-order valence-corrected chi connectivity index (χ4v) is 4.97. The highest BCUT2D eigenvalue weighted by Gasteiger charge is 2.41. The van der Waals surface area contributed by atoms with Crippen LogP contribution in [0.1, 0.15) is 12.8 Å². The number of pyridine rings is 1. The highest BCUT2D eigenvalue weighted by Crippen LogP contribution is 2.38. The molecule has 6 nitrogen and oxygen atoms in total. The Kier molecular flexibility index (Phi) is 5.14. The number of amides is 1. The molecule has 4 aromatic rings. The first-order valence-corrected chi connectivity index (χ1v) is 11.6. The van der Waals surface area contributed by atoms with Crippen LogP contribution in [0.3, 0.4) is 0 Å². The number of fused-ring (bicyclic) bond motifs is 1. The molecule has 1 amide bonds. The molecule has 0 unspecified atom stereocenters. The van der Waals surface area contributed by atoms with Crippen LogP contribution in [0.2, 0.25) is 0 Å². The van der Waals surface area contributed by atoms with E-state index in [0.29, 0.717) is 5.41 Å². The minimum absolute atomic E-state index is 0.111. The Morgan fingerprint density at radius 1 is 0.971 bits per heavy atom. The number of carbonyl (C=O) groups is 1.